The lowest BCUT2D eigenvalue weighted by Crippen LogP contribution is -2.77. The number of rotatable bonds is 12. The predicted molar refractivity (Wildman–Crippen MR) is 70.1 cm³/mol. The van der Waals surface area contributed by atoms with Crippen LogP contribution in [0.3, 0.4) is 0 Å². The van der Waals surface area contributed by atoms with E-state index < -0.39 is 78.2 Å². The molecule has 0 fully saturated rings. The van der Waals surface area contributed by atoms with Crippen molar-refractivity contribution >= 4 is 0 Å². The molecular formula is C14H6F23. The molecule has 0 bridgehead atoms. The van der Waals surface area contributed by atoms with Crippen molar-refractivity contribution in [3.8, 4) is 0 Å². The van der Waals surface area contributed by atoms with Gasteiger partial charge in [-0.1, -0.05) is 6.92 Å². The van der Waals surface area contributed by atoms with Gasteiger partial charge in [-0.05, 0) is 6.42 Å². The second kappa shape index (κ2) is 8.97. The summed E-state index contributed by atoms with van der Waals surface area (Å²) in [6.45, 7) is 0.101. The van der Waals surface area contributed by atoms with Crippen molar-refractivity contribution in [3.05, 3.63) is 6.43 Å². The Kier molecular flexibility index (Phi) is 8.58. The number of alkyl halides is 21. The Bertz CT molecular complexity index is 806. The summed E-state index contributed by atoms with van der Waals surface area (Å²) < 4.78 is 302. The molecule has 0 aliphatic carbocycles. The summed E-state index contributed by atoms with van der Waals surface area (Å²) in [5.41, 5.74) is 0. The molecule has 23 heteroatoms. The zero-order chi connectivity index (χ0) is 30.9. The van der Waals surface area contributed by atoms with Crippen LogP contribution in [-0.2, 0) is 0 Å². The zero-order valence-electron chi connectivity index (χ0n) is 16.5. The van der Waals surface area contributed by atoms with Crippen LogP contribution in [0, 0.1) is 6.43 Å². The lowest BCUT2D eigenvalue weighted by molar-refractivity contribution is -0.470. The highest BCUT2D eigenvalue weighted by atomic mass is 19.4. The van der Waals surface area contributed by atoms with Crippen LogP contribution in [0.2, 0.25) is 0 Å². The van der Waals surface area contributed by atoms with Crippen molar-refractivity contribution in [3.63, 3.8) is 0 Å². The van der Waals surface area contributed by atoms with E-state index in [1.54, 1.807) is 0 Å². The van der Waals surface area contributed by atoms with Gasteiger partial charge in [0.25, 0.3) is 0 Å². The molecule has 1 atom stereocenters. The van der Waals surface area contributed by atoms with Crippen molar-refractivity contribution in [1.82, 2.24) is 0 Å². The van der Waals surface area contributed by atoms with Gasteiger partial charge in [0, 0.05) is 0 Å². The molecule has 0 N–H and O–H groups in total. The highest BCUT2D eigenvalue weighted by molar-refractivity contribution is 5.19. The van der Waals surface area contributed by atoms with Gasteiger partial charge in [-0.3, -0.25) is 0 Å². The molecule has 0 heterocycles. The first-order chi connectivity index (χ1) is 15.7. The molecule has 223 valence electrons. The molecule has 0 aromatic heterocycles. The van der Waals surface area contributed by atoms with E-state index in [0.717, 1.165) is 0 Å². The fourth-order valence-electron chi connectivity index (χ4n) is 2.16. The van der Waals surface area contributed by atoms with Gasteiger partial charge in [0.2, 0.25) is 0 Å². The Hall–Kier alpha value is -1.61. The summed E-state index contributed by atoms with van der Waals surface area (Å²) in [5.74, 6) is -86.9. The minimum Gasteiger partial charge on any atom is -0.241 e. The second-order valence-electron chi connectivity index (χ2n) is 6.93. The minimum absolute atomic E-state index is 0.101. The molecule has 0 nitrogen and oxygen atoms in total. The fourth-order valence-corrected chi connectivity index (χ4v) is 2.16. The van der Waals surface area contributed by atoms with Crippen LogP contribution in [-0.4, -0.2) is 65.4 Å². The van der Waals surface area contributed by atoms with Gasteiger partial charge in [-0.25, -0.2) is 4.39 Å². The molecule has 0 spiro atoms. The average molecular weight is 611 g/mol. The molecule has 0 saturated heterocycles. The SMILES string of the molecule is CCC(F)C(F)(F)C(F)(F)C(F)(F)C(F)(F)C(F)(F)C(F)(F)C(F)(F)C(F)(F)C(F)(F)C(F)(F)[C](F)F. The predicted octanol–water partition coefficient (Wildman–Crippen LogP) is 8.52. The van der Waals surface area contributed by atoms with Crippen molar-refractivity contribution < 1.29 is 101 Å². The van der Waals surface area contributed by atoms with Crippen molar-refractivity contribution in [2.24, 2.45) is 0 Å². The van der Waals surface area contributed by atoms with E-state index in [-0.39, 0.29) is 6.92 Å². The molecule has 0 saturated carbocycles. The largest absolute Gasteiger partial charge is 0.385 e. The van der Waals surface area contributed by atoms with E-state index >= 15 is 0 Å². The van der Waals surface area contributed by atoms with Gasteiger partial charge >= 0.3 is 65.7 Å². The normalized spacial score (nSPS) is 17.4. The number of hydrogen-bond donors (Lipinski definition) is 0. The first-order valence-corrected chi connectivity index (χ1v) is 8.28. The van der Waals surface area contributed by atoms with E-state index in [2.05, 4.69) is 0 Å². The maximum Gasteiger partial charge on any atom is 0.385 e. The second-order valence-corrected chi connectivity index (χ2v) is 6.93. The fraction of sp³-hybridized carbons (Fsp3) is 0.929. The molecule has 1 unspecified atom stereocenters. The number of hydrogen-bond acceptors (Lipinski definition) is 0. The van der Waals surface area contributed by atoms with Crippen LogP contribution >= 0.6 is 0 Å². The Labute approximate surface area is 187 Å². The van der Waals surface area contributed by atoms with Crippen LogP contribution in [0.4, 0.5) is 101 Å². The van der Waals surface area contributed by atoms with E-state index in [0.29, 0.717) is 0 Å². The molecular weight excluding hydrogens is 605 g/mol. The highest BCUT2D eigenvalue weighted by Crippen LogP contribution is 2.67. The van der Waals surface area contributed by atoms with E-state index in [4.69, 9.17) is 0 Å². The van der Waals surface area contributed by atoms with Crippen molar-refractivity contribution in [2.75, 3.05) is 0 Å². The molecule has 37 heavy (non-hydrogen) atoms. The third-order valence-corrected chi connectivity index (χ3v) is 4.56. The standard InChI is InChI=1S/C14H6F23/c1-2-3(15)5(18,19)7(22,23)9(26,27)11(30,31)13(34,35)14(36,37)12(32,33)10(28,29)8(24,25)6(20,21)4(16)17/h3H,2H2,1H3. The van der Waals surface area contributed by atoms with Gasteiger partial charge in [-0.2, -0.15) is 96.6 Å². The smallest absolute Gasteiger partial charge is 0.241 e. The first kappa shape index (κ1) is 35.4. The summed E-state index contributed by atoms with van der Waals surface area (Å²) >= 11 is 0. The van der Waals surface area contributed by atoms with Crippen LogP contribution in [0.1, 0.15) is 13.3 Å². The lowest BCUT2D eigenvalue weighted by atomic mass is 9.84. The van der Waals surface area contributed by atoms with Gasteiger partial charge in [0.05, 0.1) is 0 Å². The summed E-state index contributed by atoms with van der Waals surface area (Å²) in [5, 5.41) is 0. The Morgan fingerprint density at radius 2 is 0.649 bits per heavy atom. The maximum absolute atomic E-state index is 13.5. The summed E-state index contributed by atoms with van der Waals surface area (Å²) in [7, 11) is 0. The third kappa shape index (κ3) is 4.14. The summed E-state index contributed by atoms with van der Waals surface area (Å²) in [4.78, 5) is 0. The Morgan fingerprint density at radius 3 is 0.865 bits per heavy atom. The van der Waals surface area contributed by atoms with E-state index in [1.165, 1.54) is 0 Å². The van der Waals surface area contributed by atoms with E-state index in [9.17, 15) is 101 Å². The molecule has 0 aromatic carbocycles. The molecule has 1 radical (unpaired) electrons. The van der Waals surface area contributed by atoms with Crippen molar-refractivity contribution in [2.45, 2.75) is 78.7 Å². The average Bonchev–Trinajstić information content (AvgIpc) is 2.71. The Balaban J connectivity index is 7.17. The van der Waals surface area contributed by atoms with Crippen LogP contribution in [0.5, 0.6) is 0 Å². The molecule has 0 amide bonds. The first-order valence-electron chi connectivity index (χ1n) is 8.28. The topological polar surface area (TPSA) is 0 Å². The zero-order valence-corrected chi connectivity index (χ0v) is 16.5. The number of halogens is 23. The summed E-state index contributed by atoms with van der Waals surface area (Å²) in [6.07, 6.45) is -12.0. The van der Waals surface area contributed by atoms with Crippen LogP contribution in [0.15, 0.2) is 0 Å². The molecule has 0 aliphatic heterocycles. The molecule has 0 rings (SSSR count). The van der Waals surface area contributed by atoms with Gasteiger partial charge in [0.15, 0.2) is 6.17 Å². The quantitative estimate of drug-likeness (QED) is 0.194. The molecule has 0 aliphatic rings. The third-order valence-electron chi connectivity index (χ3n) is 4.56. The van der Waals surface area contributed by atoms with Gasteiger partial charge in [-0.15, -0.1) is 0 Å². The van der Waals surface area contributed by atoms with Gasteiger partial charge in [0.1, 0.15) is 0 Å². The van der Waals surface area contributed by atoms with Gasteiger partial charge < -0.3 is 0 Å². The summed E-state index contributed by atoms with van der Waals surface area (Å²) in [6, 6.07) is 0. The lowest BCUT2D eigenvalue weighted by Gasteiger charge is -2.45. The molecule has 0 aromatic rings. The monoisotopic (exact) mass is 611 g/mol. The Morgan fingerprint density at radius 1 is 0.432 bits per heavy atom. The van der Waals surface area contributed by atoms with Crippen LogP contribution in [0.25, 0.3) is 0 Å². The highest BCUT2D eigenvalue weighted by Gasteiger charge is 2.98. The maximum atomic E-state index is 13.5. The van der Waals surface area contributed by atoms with Crippen molar-refractivity contribution in [1.29, 1.82) is 0 Å². The van der Waals surface area contributed by atoms with Crippen LogP contribution < -0.4 is 0 Å². The van der Waals surface area contributed by atoms with E-state index in [1.807, 2.05) is 0 Å². The minimum atomic E-state index is -9.33.